The van der Waals surface area contributed by atoms with Crippen molar-refractivity contribution in [1.82, 2.24) is 0 Å². The molecule has 0 aliphatic rings. The van der Waals surface area contributed by atoms with Crippen LogP contribution >= 0.6 is 15.9 Å². The Morgan fingerprint density at radius 1 is 1.54 bits per heavy atom. The predicted octanol–water partition coefficient (Wildman–Crippen LogP) is 2.66. The predicted molar refractivity (Wildman–Crippen MR) is 54.3 cm³/mol. The smallest absolute Gasteiger partial charge is 0.214 e. The van der Waals surface area contributed by atoms with E-state index in [1.165, 1.54) is 0 Å². The van der Waals surface area contributed by atoms with Gasteiger partial charge in [0.05, 0.1) is 0 Å². The van der Waals surface area contributed by atoms with Crippen molar-refractivity contribution in [3.8, 4) is 0 Å². The highest BCUT2D eigenvalue weighted by molar-refractivity contribution is 9.10. The highest BCUT2D eigenvalue weighted by Gasteiger charge is 2.14. The third-order valence-electron chi connectivity index (χ3n) is 1.83. The SMILES string of the molecule is CC(Cc1ccccc1Br)[N+](=O)[O-]. The molecule has 13 heavy (non-hydrogen) atoms. The van der Waals surface area contributed by atoms with Gasteiger partial charge in [0.15, 0.2) is 0 Å². The number of halogens is 1. The maximum Gasteiger partial charge on any atom is 0.214 e. The Morgan fingerprint density at radius 2 is 2.15 bits per heavy atom. The van der Waals surface area contributed by atoms with Gasteiger partial charge in [-0.05, 0) is 11.6 Å². The maximum absolute atomic E-state index is 10.4. The summed E-state index contributed by atoms with van der Waals surface area (Å²) in [7, 11) is 0. The summed E-state index contributed by atoms with van der Waals surface area (Å²) in [5.41, 5.74) is 0.978. The maximum atomic E-state index is 10.4. The normalized spacial score (nSPS) is 12.5. The summed E-state index contributed by atoms with van der Waals surface area (Å²) < 4.78 is 0.934. The van der Waals surface area contributed by atoms with E-state index in [-0.39, 0.29) is 4.92 Å². The van der Waals surface area contributed by atoms with Crippen LogP contribution in [0.2, 0.25) is 0 Å². The molecule has 0 aliphatic heterocycles. The van der Waals surface area contributed by atoms with Crippen LogP contribution in [0.1, 0.15) is 12.5 Å². The molecule has 3 nitrogen and oxygen atoms in total. The summed E-state index contributed by atoms with van der Waals surface area (Å²) in [5, 5.41) is 10.4. The first-order valence-corrected chi connectivity index (χ1v) is 4.77. The third-order valence-corrected chi connectivity index (χ3v) is 2.61. The van der Waals surface area contributed by atoms with Crippen molar-refractivity contribution in [1.29, 1.82) is 0 Å². The summed E-state index contributed by atoms with van der Waals surface area (Å²) in [4.78, 5) is 10.1. The lowest BCUT2D eigenvalue weighted by Gasteiger charge is -2.05. The van der Waals surface area contributed by atoms with Gasteiger partial charge in [-0.2, -0.15) is 0 Å². The molecule has 70 valence electrons. The average Bonchev–Trinajstić information content (AvgIpc) is 2.08. The van der Waals surface area contributed by atoms with Gasteiger partial charge in [0.1, 0.15) is 0 Å². The number of nitro groups is 1. The minimum atomic E-state index is -0.529. The molecule has 0 saturated carbocycles. The van der Waals surface area contributed by atoms with Crippen LogP contribution in [0.4, 0.5) is 0 Å². The van der Waals surface area contributed by atoms with E-state index in [1.807, 2.05) is 24.3 Å². The Hall–Kier alpha value is -0.900. The Labute approximate surface area is 85.0 Å². The lowest BCUT2D eigenvalue weighted by atomic mass is 10.1. The Kier molecular flexibility index (Phi) is 3.42. The van der Waals surface area contributed by atoms with Gasteiger partial charge >= 0.3 is 0 Å². The summed E-state index contributed by atoms with van der Waals surface area (Å²) in [6.07, 6.45) is 0.467. The molecule has 0 fully saturated rings. The Balaban J connectivity index is 2.74. The molecular formula is C9H10BrNO2. The fraction of sp³-hybridized carbons (Fsp3) is 0.333. The fourth-order valence-corrected chi connectivity index (χ4v) is 1.50. The van der Waals surface area contributed by atoms with Gasteiger partial charge in [0.2, 0.25) is 6.04 Å². The van der Waals surface area contributed by atoms with E-state index in [1.54, 1.807) is 6.92 Å². The summed E-state index contributed by atoms with van der Waals surface area (Å²) in [6.45, 7) is 1.61. The van der Waals surface area contributed by atoms with Gasteiger partial charge < -0.3 is 0 Å². The quantitative estimate of drug-likeness (QED) is 0.605. The van der Waals surface area contributed by atoms with E-state index in [9.17, 15) is 10.1 Å². The standard InChI is InChI=1S/C9H10BrNO2/c1-7(11(12)13)6-8-4-2-3-5-9(8)10/h2-5,7H,6H2,1H3. The minimum absolute atomic E-state index is 0.264. The van der Waals surface area contributed by atoms with E-state index in [0.29, 0.717) is 6.42 Å². The van der Waals surface area contributed by atoms with Gasteiger partial charge in [-0.3, -0.25) is 10.1 Å². The van der Waals surface area contributed by atoms with Crippen LogP contribution in [0, 0.1) is 10.1 Å². The highest BCUT2D eigenvalue weighted by atomic mass is 79.9. The first kappa shape index (κ1) is 10.2. The summed E-state index contributed by atoms with van der Waals surface area (Å²) in [6, 6.07) is 7.03. The van der Waals surface area contributed by atoms with Crippen LogP contribution in [-0.2, 0) is 6.42 Å². The van der Waals surface area contributed by atoms with E-state index in [2.05, 4.69) is 15.9 Å². The number of hydrogen-bond donors (Lipinski definition) is 0. The van der Waals surface area contributed by atoms with Crippen molar-refractivity contribution in [3.05, 3.63) is 44.4 Å². The average molecular weight is 244 g/mol. The van der Waals surface area contributed by atoms with Crippen molar-refractivity contribution in [2.24, 2.45) is 0 Å². The summed E-state index contributed by atoms with van der Waals surface area (Å²) >= 11 is 3.35. The minimum Gasteiger partial charge on any atom is -0.264 e. The van der Waals surface area contributed by atoms with Crippen molar-refractivity contribution < 1.29 is 4.92 Å². The van der Waals surface area contributed by atoms with Crippen LogP contribution in [0.15, 0.2) is 28.7 Å². The van der Waals surface area contributed by atoms with Crippen LogP contribution in [-0.4, -0.2) is 11.0 Å². The Morgan fingerprint density at radius 3 is 2.69 bits per heavy atom. The molecule has 1 atom stereocenters. The molecule has 0 saturated heterocycles. The molecule has 0 bridgehead atoms. The zero-order valence-corrected chi connectivity index (χ0v) is 8.82. The monoisotopic (exact) mass is 243 g/mol. The second-order valence-corrected chi connectivity index (χ2v) is 3.78. The third kappa shape index (κ3) is 2.81. The molecule has 0 amide bonds. The molecule has 0 heterocycles. The van der Waals surface area contributed by atoms with E-state index in [4.69, 9.17) is 0 Å². The van der Waals surface area contributed by atoms with Crippen LogP contribution < -0.4 is 0 Å². The van der Waals surface area contributed by atoms with Crippen LogP contribution in [0.25, 0.3) is 0 Å². The van der Waals surface area contributed by atoms with Gasteiger partial charge in [-0.25, -0.2) is 0 Å². The van der Waals surface area contributed by atoms with Crippen LogP contribution in [0.5, 0.6) is 0 Å². The number of nitrogens with zero attached hydrogens (tertiary/aromatic N) is 1. The van der Waals surface area contributed by atoms with Crippen molar-refractivity contribution in [3.63, 3.8) is 0 Å². The molecule has 0 radical (unpaired) electrons. The molecular weight excluding hydrogens is 234 g/mol. The van der Waals surface area contributed by atoms with Gasteiger partial charge in [0, 0.05) is 22.7 Å². The Bertz CT molecular complexity index is 314. The van der Waals surface area contributed by atoms with Crippen molar-refractivity contribution >= 4 is 15.9 Å². The zero-order valence-electron chi connectivity index (χ0n) is 7.24. The first-order valence-electron chi connectivity index (χ1n) is 3.98. The van der Waals surface area contributed by atoms with Crippen LogP contribution in [0.3, 0.4) is 0 Å². The second-order valence-electron chi connectivity index (χ2n) is 2.93. The molecule has 1 aromatic rings. The van der Waals surface area contributed by atoms with Gasteiger partial charge in [-0.1, -0.05) is 34.1 Å². The van der Waals surface area contributed by atoms with Crippen molar-refractivity contribution in [2.45, 2.75) is 19.4 Å². The van der Waals surface area contributed by atoms with E-state index < -0.39 is 6.04 Å². The molecule has 1 rings (SSSR count). The molecule has 0 aliphatic carbocycles. The molecule has 0 aromatic heterocycles. The second kappa shape index (κ2) is 4.37. The molecule has 0 spiro atoms. The topological polar surface area (TPSA) is 43.1 Å². The molecule has 1 aromatic carbocycles. The van der Waals surface area contributed by atoms with Gasteiger partial charge in [-0.15, -0.1) is 0 Å². The summed E-state index contributed by atoms with van der Waals surface area (Å²) in [5.74, 6) is 0. The van der Waals surface area contributed by atoms with E-state index >= 15 is 0 Å². The van der Waals surface area contributed by atoms with Gasteiger partial charge in [0.25, 0.3) is 0 Å². The highest BCUT2D eigenvalue weighted by Crippen LogP contribution is 2.17. The lowest BCUT2D eigenvalue weighted by Crippen LogP contribution is -2.17. The number of hydrogen-bond acceptors (Lipinski definition) is 2. The lowest BCUT2D eigenvalue weighted by molar-refractivity contribution is -0.517. The largest absolute Gasteiger partial charge is 0.264 e. The fourth-order valence-electron chi connectivity index (χ4n) is 1.06. The molecule has 0 N–H and O–H groups in total. The first-order chi connectivity index (χ1) is 6.11. The van der Waals surface area contributed by atoms with E-state index in [0.717, 1.165) is 10.0 Å². The molecule has 4 heteroatoms. The number of rotatable bonds is 3. The van der Waals surface area contributed by atoms with Crippen molar-refractivity contribution in [2.75, 3.05) is 0 Å². The zero-order chi connectivity index (χ0) is 9.84. The number of benzene rings is 1. The molecule has 1 unspecified atom stereocenters.